The molecular weight excluding hydrogens is 304 g/mol. The molecule has 0 aliphatic carbocycles. The van der Waals surface area contributed by atoms with Crippen molar-refractivity contribution in [3.63, 3.8) is 0 Å². The van der Waals surface area contributed by atoms with Crippen molar-refractivity contribution in [3.8, 4) is 0 Å². The fourth-order valence-electron chi connectivity index (χ4n) is 1.73. The van der Waals surface area contributed by atoms with Crippen molar-refractivity contribution in [2.24, 2.45) is 4.99 Å². The molecule has 0 saturated carbocycles. The summed E-state index contributed by atoms with van der Waals surface area (Å²) in [6.45, 7) is 4.31. The lowest BCUT2D eigenvalue weighted by Gasteiger charge is -2.10. The first-order chi connectivity index (χ1) is 10.5. The van der Waals surface area contributed by atoms with E-state index in [1.165, 1.54) is 0 Å². The van der Waals surface area contributed by atoms with Crippen molar-refractivity contribution < 1.29 is 9.34 Å². The lowest BCUT2D eigenvalue weighted by atomic mass is 10.4. The Bertz CT molecular complexity index is 490. The predicted octanol–water partition coefficient (Wildman–Crippen LogP) is 1.86. The van der Waals surface area contributed by atoms with E-state index in [4.69, 9.17) is 4.42 Å². The van der Waals surface area contributed by atoms with Gasteiger partial charge in [0, 0.05) is 24.3 Å². The van der Waals surface area contributed by atoms with Crippen LogP contribution >= 0.6 is 11.8 Å². The average Bonchev–Trinajstić information content (AvgIpc) is 2.92. The van der Waals surface area contributed by atoms with Crippen molar-refractivity contribution in [1.29, 1.82) is 0 Å². The zero-order valence-electron chi connectivity index (χ0n) is 13.4. The molecule has 0 bridgehead atoms. The molecule has 22 heavy (non-hydrogen) atoms. The van der Waals surface area contributed by atoms with Crippen LogP contribution in [0, 0.1) is 10.1 Å². The SMILES string of the molecule is CCN(C)Cc1ccc(CSCCNC(C[N+](=O)[O-])=NC)o1. The van der Waals surface area contributed by atoms with Gasteiger partial charge in [-0.2, -0.15) is 11.8 Å². The summed E-state index contributed by atoms with van der Waals surface area (Å²) in [6, 6.07) is 4.02. The van der Waals surface area contributed by atoms with E-state index < -0.39 is 0 Å². The Morgan fingerprint density at radius 3 is 2.86 bits per heavy atom. The summed E-state index contributed by atoms with van der Waals surface area (Å²) >= 11 is 1.72. The van der Waals surface area contributed by atoms with Gasteiger partial charge in [0.1, 0.15) is 11.5 Å². The largest absolute Gasteiger partial charge is 0.464 e. The number of hydrogen-bond donors (Lipinski definition) is 1. The van der Waals surface area contributed by atoms with Crippen LogP contribution in [0.5, 0.6) is 0 Å². The summed E-state index contributed by atoms with van der Waals surface area (Å²) < 4.78 is 5.76. The zero-order chi connectivity index (χ0) is 16.4. The highest BCUT2D eigenvalue weighted by Gasteiger charge is 2.06. The number of nitro groups is 1. The van der Waals surface area contributed by atoms with Gasteiger partial charge in [0.2, 0.25) is 0 Å². The smallest absolute Gasteiger partial charge is 0.259 e. The zero-order valence-corrected chi connectivity index (χ0v) is 14.2. The van der Waals surface area contributed by atoms with Crippen molar-refractivity contribution in [2.75, 3.05) is 39.5 Å². The van der Waals surface area contributed by atoms with Crippen molar-refractivity contribution in [2.45, 2.75) is 19.2 Å². The van der Waals surface area contributed by atoms with Crippen molar-refractivity contribution in [3.05, 3.63) is 33.8 Å². The van der Waals surface area contributed by atoms with E-state index in [0.717, 1.165) is 36.1 Å². The van der Waals surface area contributed by atoms with Crippen LogP contribution in [-0.2, 0) is 12.3 Å². The highest BCUT2D eigenvalue weighted by atomic mass is 32.2. The highest BCUT2D eigenvalue weighted by molar-refractivity contribution is 7.98. The molecule has 0 saturated heterocycles. The van der Waals surface area contributed by atoms with Crippen LogP contribution in [0.4, 0.5) is 0 Å². The van der Waals surface area contributed by atoms with Crippen LogP contribution in [0.3, 0.4) is 0 Å². The summed E-state index contributed by atoms with van der Waals surface area (Å²) in [7, 11) is 3.61. The molecule has 0 atom stereocenters. The summed E-state index contributed by atoms with van der Waals surface area (Å²) in [5.74, 6) is 3.98. The summed E-state index contributed by atoms with van der Waals surface area (Å²) in [5.41, 5.74) is 0. The molecular formula is C14H24N4O3S. The molecule has 0 fully saturated rings. The van der Waals surface area contributed by atoms with Crippen LogP contribution in [-0.4, -0.2) is 55.1 Å². The number of nitrogens with zero attached hydrogens (tertiary/aromatic N) is 3. The number of rotatable bonds is 10. The van der Waals surface area contributed by atoms with Crippen LogP contribution in [0.15, 0.2) is 21.5 Å². The van der Waals surface area contributed by atoms with Crippen molar-refractivity contribution in [1.82, 2.24) is 10.2 Å². The number of furan rings is 1. The lowest BCUT2D eigenvalue weighted by Crippen LogP contribution is -2.31. The molecule has 0 aromatic carbocycles. The molecule has 8 heteroatoms. The Morgan fingerprint density at radius 2 is 2.23 bits per heavy atom. The second kappa shape index (κ2) is 10.2. The Morgan fingerprint density at radius 1 is 1.50 bits per heavy atom. The van der Waals surface area contributed by atoms with E-state index >= 15 is 0 Å². The van der Waals surface area contributed by atoms with Crippen molar-refractivity contribution >= 4 is 17.6 Å². The summed E-state index contributed by atoms with van der Waals surface area (Å²) in [6.07, 6.45) is 0. The number of thioether (sulfide) groups is 1. The molecule has 1 aromatic rings. The molecule has 1 heterocycles. The number of hydrogen-bond acceptors (Lipinski definition) is 6. The second-order valence-corrected chi connectivity index (χ2v) is 5.94. The molecule has 124 valence electrons. The van der Waals surface area contributed by atoms with Crippen LogP contribution in [0.1, 0.15) is 18.4 Å². The minimum atomic E-state index is -0.389. The number of aliphatic imine (C=N–C) groups is 1. The normalized spacial score (nSPS) is 11.9. The van der Waals surface area contributed by atoms with Gasteiger partial charge in [0.25, 0.3) is 6.54 Å². The topological polar surface area (TPSA) is 83.9 Å². The lowest BCUT2D eigenvalue weighted by molar-refractivity contribution is -0.463. The van der Waals surface area contributed by atoms with E-state index in [2.05, 4.69) is 29.2 Å². The molecule has 1 rings (SSSR count). The third kappa shape index (κ3) is 7.46. The first-order valence-electron chi connectivity index (χ1n) is 7.20. The molecule has 0 radical (unpaired) electrons. The standard InChI is InChI=1S/C14H24N4O3S/c1-4-17(3)9-12-5-6-13(21-12)11-22-8-7-16-14(15-2)10-18(19)20/h5-6H,4,7-11H2,1-3H3,(H,15,16). The molecule has 0 aliphatic rings. The molecule has 0 unspecified atom stereocenters. The van der Waals surface area contributed by atoms with Gasteiger partial charge in [0.05, 0.1) is 12.3 Å². The third-order valence-electron chi connectivity index (χ3n) is 3.05. The van der Waals surface area contributed by atoms with E-state index in [1.54, 1.807) is 18.8 Å². The van der Waals surface area contributed by atoms with Gasteiger partial charge in [-0.1, -0.05) is 6.92 Å². The monoisotopic (exact) mass is 328 g/mol. The summed E-state index contributed by atoms with van der Waals surface area (Å²) in [5, 5.41) is 13.4. The molecule has 0 spiro atoms. The second-order valence-electron chi connectivity index (χ2n) is 4.84. The number of amidine groups is 1. The predicted molar refractivity (Wildman–Crippen MR) is 90.1 cm³/mol. The van der Waals surface area contributed by atoms with Gasteiger partial charge >= 0.3 is 0 Å². The Kier molecular flexibility index (Phi) is 8.61. The molecule has 1 N–H and O–H groups in total. The Labute approximate surface area is 135 Å². The fourth-order valence-corrected chi connectivity index (χ4v) is 2.48. The Balaban J connectivity index is 2.21. The fraction of sp³-hybridized carbons (Fsp3) is 0.643. The van der Waals surface area contributed by atoms with Gasteiger partial charge in [-0.05, 0) is 25.7 Å². The minimum Gasteiger partial charge on any atom is -0.464 e. The minimum absolute atomic E-state index is 0.256. The first kappa shape index (κ1) is 18.5. The third-order valence-corrected chi connectivity index (χ3v) is 4.03. The van der Waals surface area contributed by atoms with Gasteiger partial charge in [-0.15, -0.1) is 0 Å². The van der Waals surface area contributed by atoms with Crippen LogP contribution < -0.4 is 5.32 Å². The van der Waals surface area contributed by atoms with E-state index in [1.807, 2.05) is 12.1 Å². The highest BCUT2D eigenvalue weighted by Crippen LogP contribution is 2.16. The summed E-state index contributed by atoms with van der Waals surface area (Å²) in [4.78, 5) is 16.1. The molecule has 0 aliphatic heterocycles. The maximum Gasteiger partial charge on any atom is 0.259 e. The van der Waals surface area contributed by atoms with E-state index in [-0.39, 0.29) is 11.5 Å². The number of nitrogens with one attached hydrogen (secondary N) is 1. The van der Waals surface area contributed by atoms with Gasteiger partial charge < -0.3 is 9.73 Å². The van der Waals surface area contributed by atoms with Gasteiger partial charge in [-0.25, -0.2) is 0 Å². The quantitative estimate of drug-likeness (QED) is 0.232. The molecule has 0 amide bonds. The first-order valence-corrected chi connectivity index (χ1v) is 8.35. The van der Waals surface area contributed by atoms with Gasteiger partial charge in [0.15, 0.2) is 5.84 Å². The van der Waals surface area contributed by atoms with E-state index in [9.17, 15) is 10.1 Å². The van der Waals surface area contributed by atoms with Crippen LogP contribution in [0.2, 0.25) is 0 Å². The maximum atomic E-state index is 10.4. The molecule has 1 aromatic heterocycles. The van der Waals surface area contributed by atoms with Gasteiger partial charge in [-0.3, -0.25) is 20.0 Å². The van der Waals surface area contributed by atoms with Crippen LogP contribution in [0.25, 0.3) is 0 Å². The molecule has 7 nitrogen and oxygen atoms in total. The van der Waals surface area contributed by atoms with E-state index in [0.29, 0.717) is 12.4 Å². The Hall–Kier alpha value is -1.54. The maximum absolute atomic E-state index is 10.4. The average molecular weight is 328 g/mol.